The quantitative estimate of drug-likeness (QED) is 0.456. The highest BCUT2D eigenvalue weighted by molar-refractivity contribution is 8.00. The van der Waals surface area contributed by atoms with Gasteiger partial charge in [-0.1, -0.05) is 0 Å². The van der Waals surface area contributed by atoms with Crippen LogP contribution in [0.2, 0.25) is 0 Å². The van der Waals surface area contributed by atoms with E-state index in [0.29, 0.717) is 11.3 Å². The average molecular weight is 354 g/mol. The van der Waals surface area contributed by atoms with Crippen LogP contribution in [-0.4, -0.2) is 52.1 Å². The molecule has 0 bridgehead atoms. The molecule has 7 nitrogen and oxygen atoms in total. The molecule has 2 rings (SSSR count). The number of amides is 1. The number of nitrogens with two attached hydrogens (primary N) is 1. The lowest BCUT2D eigenvalue weighted by atomic mass is 10.0. The van der Waals surface area contributed by atoms with Gasteiger partial charge in [0, 0.05) is 11.8 Å². The molecule has 1 unspecified atom stereocenters. The first-order valence-electron chi connectivity index (χ1n) is 7.67. The largest absolute Gasteiger partial charge is 0.463 e. The second-order valence-electron chi connectivity index (χ2n) is 6.40. The molecule has 1 fully saturated rings. The summed E-state index contributed by atoms with van der Waals surface area (Å²) in [7, 11) is 0. The molecule has 1 amide bonds. The van der Waals surface area contributed by atoms with E-state index in [1.807, 2.05) is 0 Å². The van der Waals surface area contributed by atoms with Crippen LogP contribution in [0.25, 0.3) is 0 Å². The molecule has 1 saturated heterocycles. The summed E-state index contributed by atoms with van der Waals surface area (Å²) < 4.78 is 10.2. The van der Waals surface area contributed by atoms with Gasteiger partial charge in [0.05, 0.1) is 6.61 Å². The lowest BCUT2D eigenvalue weighted by Gasteiger charge is -2.48. The van der Waals surface area contributed by atoms with E-state index in [-0.39, 0.29) is 23.6 Å². The Balaban J connectivity index is 2.34. The van der Waals surface area contributed by atoms with Gasteiger partial charge in [0.15, 0.2) is 0 Å². The van der Waals surface area contributed by atoms with E-state index in [2.05, 4.69) is 0 Å². The van der Waals surface area contributed by atoms with Gasteiger partial charge in [-0.15, -0.1) is 11.8 Å². The van der Waals surface area contributed by atoms with Gasteiger partial charge < -0.3 is 15.2 Å². The van der Waals surface area contributed by atoms with Crippen LogP contribution in [0.15, 0.2) is 23.4 Å². The summed E-state index contributed by atoms with van der Waals surface area (Å²) >= 11 is 1.45. The van der Waals surface area contributed by atoms with Gasteiger partial charge in [0.25, 0.3) is 0 Å². The van der Waals surface area contributed by atoms with Crippen LogP contribution in [0, 0.1) is 0 Å². The Labute approximate surface area is 145 Å². The van der Waals surface area contributed by atoms with Crippen LogP contribution < -0.4 is 5.73 Å². The molecule has 132 valence electrons. The molecule has 0 radical (unpaired) electrons. The monoisotopic (exact) mass is 354 g/mol. The Morgan fingerprint density at radius 1 is 1.42 bits per heavy atom. The van der Waals surface area contributed by atoms with Crippen LogP contribution in [-0.2, 0) is 23.9 Å². The zero-order valence-corrected chi connectivity index (χ0v) is 15.0. The third-order valence-corrected chi connectivity index (χ3v) is 4.66. The maximum absolute atomic E-state index is 12.6. The number of hydrogen-bond donors (Lipinski definition) is 1. The van der Waals surface area contributed by atoms with E-state index >= 15 is 0 Å². The first-order valence-corrected chi connectivity index (χ1v) is 8.72. The molecular formula is C16H22N2O5S. The second kappa shape index (κ2) is 6.98. The van der Waals surface area contributed by atoms with Gasteiger partial charge >= 0.3 is 11.9 Å². The summed E-state index contributed by atoms with van der Waals surface area (Å²) in [5.74, 6) is -0.981. The van der Waals surface area contributed by atoms with Crippen molar-refractivity contribution >= 4 is 29.6 Å². The summed E-state index contributed by atoms with van der Waals surface area (Å²) in [5, 5.41) is -0.278. The molecule has 0 spiro atoms. The maximum atomic E-state index is 12.6. The minimum Gasteiger partial charge on any atom is -0.463 e. The molecule has 2 atom stereocenters. The summed E-state index contributed by atoms with van der Waals surface area (Å²) in [5.41, 5.74) is 5.79. The third kappa shape index (κ3) is 3.81. The van der Waals surface area contributed by atoms with Crippen molar-refractivity contribution in [2.75, 3.05) is 12.4 Å². The Hall–Kier alpha value is -1.80. The van der Waals surface area contributed by atoms with E-state index in [1.165, 1.54) is 28.8 Å². The van der Waals surface area contributed by atoms with Crippen molar-refractivity contribution in [3.05, 3.63) is 23.4 Å². The van der Waals surface area contributed by atoms with Gasteiger partial charge in [0.2, 0.25) is 5.91 Å². The number of ether oxygens (including phenoxy) is 2. The molecule has 0 aliphatic carbocycles. The molecule has 2 N–H and O–H groups in total. The van der Waals surface area contributed by atoms with Crippen molar-refractivity contribution in [1.82, 2.24) is 4.90 Å². The van der Waals surface area contributed by atoms with E-state index in [0.717, 1.165) is 0 Å². The highest BCUT2D eigenvalue weighted by atomic mass is 32.2. The first kappa shape index (κ1) is 18.5. The van der Waals surface area contributed by atoms with Gasteiger partial charge in [-0.05, 0) is 39.3 Å². The zero-order valence-electron chi connectivity index (χ0n) is 14.2. The predicted octanol–water partition coefficient (Wildman–Crippen LogP) is 0.944. The average Bonchev–Trinajstić information content (AvgIpc) is 2.49. The Kier molecular flexibility index (Phi) is 5.39. The first-order chi connectivity index (χ1) is 11.2. The maximum Gasteiger partial charge on any atom is 0.355 e. The second-order valence-corrected chi connectivity index (χ2v) is 7.50. The fourth-order valence-electron chi connectivity index (χ4n) is 2.34. The molecular weight excluding hydrogens is 332 g/mol. The minimum atomic E-state index is -0.698. The minimum absolute atomic E-state index is 0.154. The highest BCUT2D eigenvalue weighted by Gasteiger charge is 2.52. The molecule has 0 aromatic carbocycles. The van der Waals surface area contributed by atoms with Gasteiger partial charge in [-0.3, -0.25) is 9.69 Å². The van der Waals surface area contributed by atoms with Crippen LogP contribution in [0.3, 0.4) is 0 Å². The normalized spacial score (nSPS) is 23.9. The van der Waals surface area contributed by atoms with Gasteiger partial charge in [-0.2, -0.15) is 0 Å². The number of nitrogens with zero attached hydrogens (tertiary/aromatic N) is 1. The number of fused-ring (bicyclic) bond motifs is 1. The fourth-order valence-corrected chi connectivity index (χ4v) is 3.61. The SMILES string of the molecule is CCOC(=O)C=CC1=C(C(=O)OC(C)(C)C)N2C(=O)C(N)[C@H]2SC1. The Morgan fingerprint density at radius 2 is 2.08 bits per heavy atom. The number of β-lactam (4-membered cyclic amide) rings is 1. The lowest BCUT2D eigenvalue weighted by Crippen LogP contribution is -2.68. The predicted molar refractivity (Wildman–Crippen MR) is 89.7 cm³/mol. The number of carbonyl (C=O) groups excluding carboxylic acids is 3. The summed E-state index contributed by atoms with van der Waals surface area (Å²) in [6.07, 6.45) is 2.74. The molecule has 2 aliphatic rings. The number of thioether (sulfide) groups is 1. The fraction of sp³-hybridized carbons (Fsp3) is 0.562. The van der Waals surface area contributed by atoms with Crippen LogP contribution in [0.4, 0.5) is 0 Å². The molecule has 0 saturated carbocycles. The van der Waals surface area contributed by atoms with E-state index in [9.17, 15) is 14.4 Å². The molecule has 2 heterocycles. The number of allylic oxidation sites excluding steroid dienone is 1. The van der Waals surface area contributed by atoms with Crippen molar-refractivity contribution in [3.8, 4) is 0 Å². The zero-order chi connectivity index (χ0) is 18.1. The van der Waals surface area contributed by atoms with Crippen molar-refractivity contribution in [1.29, 1.82) is 0 Å². The van der Waals surface area contributed by atoms with Gasteiger partial charge in [-0.25, -0.2) is 9.59 Å². The van der Waals surface area contributed by atoms with Crippen molar-refractivity contribution in [2.24, 2.45) is 5.73 Å². The Morgan fingerprint density at radius 3 is 2.67 bits per heavy atom. The van der Waals surface area contributed by atoms with Crippen molar-refractivity contribution in [3.63, 3.8) is 0 Å². The summed E-state index contributed by atoms with van der Waals surface area (Å²) in [4.78, 5) is 37.5. The number of carbonyl (C=O) groups is 3. The van der Waals surface area contributed by atoms with Crippen LogP contribution >= 0.6 is 11.8 Å². The third-order valence-electron chi connectivity index (χ3n) is 3.34. The van der Waals surface area contributed by atoms with E-state index in [4.69, 9.17) is 15.2 Å². The molecule has 2 aliphatic heterocycles. The lowest BCUT2D eigenvalue weighted by molar-refractivity contribution is -0.157. The molecule has 0 aromatic rings. The van der Waals surface area contributed by atoms with Crippen LogP contribution in [0.5, 0.6) is 0 Å². The van der Waals surface area contributed by atoms with E-state index < -0.39 is 23.6 Å². The van der Waals surface area contributed by atoms with Crippen molar-refractivity contribution < 1.29 is 23.9 Å². The van der Waals surface area contributed by atoms with E-state index in [1.54, 1.807) is 27.7 Å². The number of hydrogen-bond acceptors (Lipinski definition) is 7. The highest BCUT2D eigenvalue weighted by Crippen LogP contribution is 2.40. The summed E-state index contributed by atoms with van der Waals surface area (Å²) in [6.45, 7) is 7.21. The summed E-state index contributed by atoms with van der Waals surface area (Å²) in [6, 6.07) is -0.622. The molecule has 8 heteroatoms. The number of rotatable bonds is 4. The van der Waals surface area contributed by atoms with Gasteiger partial charge in [0.1, 0.15) is 22.7 Å². The Bertz CT molecular complexity index is 620. The standard InChI is InChI=1S/C16H22N2O5S/c1-5-22-10(19)7-6-9-8-24-14-11(17)13(20)18(14)12(9)15(21)23-16(2,3)4/h6-7,11,14H,5,8,17H2,1-4H3/t11?,14-/m1/s1. The smallest absolute Gasteiger partial charge is 0.355 e. The molecule has 0 aromatic heterocycles. The topological polar surface area (TPSA) is 98.9 Å². The van der Waals surface area contributed by atoms with Crippen molar-refractivity contribution in [2.45, 2.75) is 44.7 Å². The molecule has 24 heavy (non-hydrogen) atoms. The number of esters is 2. The van der Waals surface area contributed by atoms with Crippen LogP contribution in [0.1, 0.15) is 27.7 Å².